The normalized spacial score (nSPS) is 18.2. The molecule has 2 heterocycles. The van der Waals surface area contributed by atoms with Gasteiger partial charge in [-0.3, -0.25) is 9.48 Å². The molecule has 0 aliphatic carbocycles. The Hall–Kier alpha value is -1.88. The van der Waals surface area contributed by atoms with Crippen LogP contribution in [0, 0.1) is 12.7 Å². The number of halogens is 2. The fourth-order valence-corrected chi connectivity index (χ4v) is 3.22. The Bertz CT molecular complexity index is 695. The van der Waals surface area contributed by atoms with Crippen LogP contribution < -0.4 is 0 Å². The molecule has 1 fully saturated rings. The van der Waals surface area contributed by atoms with Crippen LogP contribution in [0.3, 0.4) is 0 Å². The van der Waals surface area contributed by atoms with E-state index in [-0.39, 0.29) is 23.9 Å². The van der Waals surface area contributed by atoms with E-state index in [1.54, 1.807) is 17.0 Å². The van der Waals surface area contributed by atoms with E-state index in [1.807, 2.05) is 24.0 Å². The van der Waals surface area contributed by atoms with Crippen molar-refractivity contribution in [2.24, 2.45) is 0 Å². The van der Waals surface area contributed by atoms with Crippen LogP contribution in [0.2, 0.25) is 5.02 Å². The predicted molar refractivity (Wildman–Crippen MR) is 86.9 cm³/mol. The lowest BCUT2D eigenvalue weighted by molar-refractivity contribution is -0.132. The van der Waals surface area contributed by atoms with Gasteiger partial charge in [0.25, 0.3) is 0 Å². The second-order valence-electron chi connectivity index (χ2n) is 6.01. The number of piperidine rings is 1. The molecule has 1 aliphatic rings. The maximum atomic E-state index is 13.9. The van der Waals surface area contributed by atoms with Gasteiger partial charge in [-0.15, -0.1) is 0 Å². The molecule has 1 aliphatic heterocycles. The summed E-state index contributed by atoms with van der Waals surface area (Å²) in [6, 6.07) is 4.67. The lowest BCUT2D eigenvalue weighted by atomic mass is 10.0. The highest BCUT2D eigenvalue weighted by atomic mass is 35.5. The maximum Gasteiger partial charge on any atom is 0.227 e. The van der Waals surface area contributed by atoms with Crippen molar-refractivity contribution in [3.05, 3.63) is 52.6 Å². The second kappa shape index (κ2) is 6.71. The number of rotatable bonds is 3. The van der Waals surface area contributed by atoms with Gasteiger partial charge in [-0.05, 0) is 37.5 Å². The first kappa shape index (κ1) is 16.0. The maximum absolute atomic E-state index is 13.9. The van der Waals surface area contributed by atoms with Crippen LogP contribution in [0.4, 0.5) is 4.39 Å². The molecule has 1 atom stereocenters. The molecule has 0 spiro atoms. The molecule has 0 saturated carbocycles. The third-order valence-corrected chi connectivity index (χ3v) is 4.60. The summed E-state index contributed by atoms with van der Waals surface area (Å²) < 4.78 is 15.8. The predicted octanol–water partition coefficient (Wildman–Crippen LogP) is 3.39. The van der Waals surface area contributed by atoms with Crippen molar-refractivity contribution in [1.82, 2.24) is 14.7 Å². The summed E-state index contributed by atoms with van der Waals surface area (Å²) in [5, 5.41) is 4.64. The second-order valence-corrected chi connectivity index (χ2v) is 6.42. The Labute approximate surface area is 139 Å². The van der Waals surface area contributed by atoms with Crippen LogP contribution in [0.5, 0.6) is 0 Å². The Morgan fingerprint density at radius 2 is 2.30 bits per heavy atom. The van der Waals surface area contributed by atoms with Crippen molar-refractivity contribution >= 4 is 17.5 Å². The van der Waals surface area contributed by atoms with Gasteiger partial charge in [-0.2, -0.15) is 5.10 Å². The van der Waals surface area contributed by atoms with Gasteiger partial charge in [-0.25, -0.2) is 4.39 Å². The molecular weight excluding hydrogens is 317 g/mol. The Morgan fingerprint density at radius 1 is 1.48 bits per heavy atom. The van der Waals surface area contributed by atoms with Crippen LogP contribution in [-0.4, -0.2) is 33.7 Å². The van der Waals surface area contributed by atoms with Gasteiger partial charge in [0.1, 0.15) is 5.82 Å². The third kappa shape index (κ3) is 3.55. The Balaban J connectivity index is 1.70. The average molecular weight is 336 g/mol. The summed E-state index contributed by atoms with van der Waals surface area (Å²) >= 11 is 6.01. The van der Waals surface area contributed by atoms with Crippen molar-refractivity contribution in [2.45, 2.75) is 32.2 Å². The zero-order chi connectivity index (χ0) is 16.4. The molecule has 1 aromatic heterocycles. The molecule has 1 aromatic carbocycles. The lowest BCUT2D eigenvalue weighted by Crippen LogP contribution is -2.41. The molecule has 1 amide bonds. The van der Waals surface area contributed by atoms with Gasteiger partial charge in [-0.1, -0.05) is 17.7 Å². The molecule has 23 heavy (non-hydrogen) atoms. The minimum Gasteiger partial charge on any atom is -0.340 e. The van der Waals surface area contributed by atoms with Crippen LogP contribution in [0.15, 0.2) is 30.6 Å². The minimum atomic E-state index is -0.429. The van der Waals surface area contributed by atoms with Crippen LogP contribution in [0.25, 0.3) is 0 Å². The fraction of sp³-hybridized carbons (Fsp3) is 0.412. The Kier molecular flexibility index (Phi) is 4.66. The summed E-state index contributed by atoms with van der Waals surface area (Å²) in [7, 11) is 0. The fourth-order valence-electron chi connectivity index (χ4n) is 2.99. The van der Waals surface area contributed by atoms with Crippen molar-refractivity contribution < 1.29 is 9.18 Å². The first-order valence-corrected chi connectivity index (χ1v) is 8.14. The summed E-state index contributed by atoms with van der Waals surface area (Å²) in [5.41, 5.74) is 1.38. The number of carbonyl (C=O) groups excluding carboxylic acids is 1. The minimum absolute atomic E-state index is 0.00361. The largest absolute Gasteiger partial charge is 0.340 e. The van der Waals surface area contributed by atoms with Crippen LogP contribution in [-0.2, 0) is 11.2 Å². The molecule has 122 valence electrons. The molecular formula is C17H19ClFN3O. The van der Waals surface area contributed by atoms with Gasteiger partial charge in [0, 0.05) is 29.9 Å². The van der Waals surface area contributed by atoms with E-state index in [0.717, 1.165) is 18.4 Å². The van der Waals surface area contributed by atoms with Crippen LogP contribution >= 0.6 is 11.6 Å². The number of aryl methyl sites for hydroxylation is 1. The highest BCUT2D eigenvalue weighted by molar-refractivity contribution is 6.31. The molecule has 0 radical (unpaired) electrons. The van der Waals surface area contributed by atoms with E-state index >= 15 is 0 Å². The number of nitrogens with zero attached hydrogens (tertiary/aromatic N) is 3. The molecule has 1 saturated heterocycles. The Morgan fingerprint density at radius 3 is 3.00 bits per heavy atom. The first-order valence-electron chi connectivity index (χ1n) is 7.76. The van der Waals surface area contributed by atoms with Gasteiger partial charge >= 0.3 is 0 Å². The third-order valence-electron chi connectivity index (χ3n) is 4.24. The molecule has 0 unspecified atom stereocenters. The number of aromatic nitrogens is 2. The average Bonchev–Trinajstić information content (AvgIpc) is 2.97. The van der Waals surface area contributed by atoms with E-state index in [4.69, 9.17) is 11.6 Å². The van der Waals surface area contributed by atoms with Crippen molar-refractivity contribution in [1.29, 1.82) is 0 Å². The monoisotopic (exact) mass is 335 g/mol. The highest BCUT2D eigenvalue weighted by Crippen LogP contribution is 2.24. The lowest BCUT2D eigenvalue weighted by Gasteiger charge is -2.33. The molecule has 6 heteroatoms. The molecule has 0 N–H and O–H groups in total. The number of benzene rings is 1. The summed E-state index contributed by atoms with van der Waals surface area (Å²) in [6.45, 7) is 3.29. The van der Waals surface area contributed by atoms with Gasteiger partial charge < -0.3 is 4.90 Å². The van der Waals surface area contributed by atoms with E-state index in [0.29, 0.717) is 18.1 Å². The van der Waals surface area contributed by atoms with E-state index in [9.17, 15) is 9.18 Å². The van der Waals surface area contributed by atoms with E-state index in [1.165, 1.54) is 6.07 Å². The standard InChI is InChI=1S/C17H19ClFN3O/c1-12-9-20-22(10-12)13-4-3-7-21(11-13)17(23)8-14-15(18)5-2-6-16(14)19/h2,5-6,9-10,13H,3-4,7-8,11H2,1H3/t13-/m0/s1. The molecule has 0 bridgehead atoms. The topological polar surface area (TPSA) is 38.1 Å². The van der Waals surface area contributed by atoms with Crippen LogP contribution in [0.1, 0.15) is 30.0 Å². The highest BCUT2D eigenvalue weighted by Gasteiger charge is 2.26. The van der Waals surface area contributed by atoms with Gasteiger partial charge in [0.15, 0.2) is 0 Å². The van der Waals surface area contributed by atoms with Crippen molar-refractivity contribution in [3.8, 4) is 0 Å². The molecule has 3 rings (SSSR count). The van der Waals surface area contributed by atoms with Crippen molar-refractivity contribution in [2.75, 3.05) is 13.1 Å². The summed E-state index contributed by atoms with van der Waals surface area (Å²) in [4.78, 5) is 14.3. The quantitative estimate of drug-likeness (QED) is 0.862. The zero-order valence-electron chi connectivity index (χ0n) is 13.0. The zero-order valence-corrected chi connectivity index (χ0v) is 13.8. The van der Waals surface area contributed by atoms with Crippen molar-refractivity contribution in [3.63, 3.8) is 0 Å². The number of amides is 1. The summed E-state index contributed by atoms with van der Waals surface area (Å²) in [6.07, 6.45) is 5.72. The number of carbonyl (C=O) groups is 1. The number of likely N-dealkylation sites (tertiary alicyclic amines) is 1. The van der Waals surface area contributed by atoms with Gasteiger partial charge in [0.2, 0.25) is 5.91 Å². The molecule has 2 aromatic rings. The first-order chi connectivity index (χ1) is 11.0. The number of hydrogen-bond donors (Lipinski definition) is 0. The molecule has 4 nitrogen and oxygen atoms in total. The number of hydrogen-bond acceptors (Lipinski definition) is 2. The summed E-state index contributed by atoms with van der Waals surface area (Å²) in [5.74, 6) is -0.521. The van der Waals surface area contributed by atoms with E-state index < -0.39 is 5.82 Å². The van der Waals surface area contributed by atoms with Gasteiger partial charge in [0.05, 0.1) is 18.7 Å². The SMILES string of the molecule is Cc1cnn([C@H]2CCCN(C(=O)Cc3c(F)cccc3Cl)C2)c1. The van der Waals surface area contributed by atoms with E-state index in [2.05, 4.69) is 5.10 Å². The smallest absolute Gasteiger partial charge is 0.227 e.